The third-order valence-corrected chi connectivity index (χ3v) is 6.53. The minimum atomic E-state index is -0.181. The maximum absolute atomic E-state index is 13.2. The van der Waals surface area contributed by atoms with Crippen molar-refractivity contribution in [2.45, 2.75) is 51.2 Å². The van der Waals surface area contributed by atoms with Gasteiger partial charge in [0.2, 0.25) is 5.75 Å². The Kier molecular flexibility index (Phi) is 7.72. The lowest BCUT2D eigenvalue weighted by Gasteiger charge is -2.35. The van der Waals surface area contributed by atoms with Crippen LogP contribution < -0.4 is 24.4 Å². The lowest BCUT2D eigenvalue weighted by atomic mass is 10.0. The first-order valence-corrected chi connectivity index (χ1v) is 11.9. The number of aromatic nitrogens is 2. The van der Waals surface area contributed by atoms with Gasteiger partial charge in [-0.25, -0.2) is 9.97 Å². The predicted octanol–water partition coefficient (Wildman–Crippen LogP) is 3.46. The number of carbonyl (C=O) groups excluding carboxylic acids is 1. The molecule has 1 aromatic carbocycles. The highest BCUT2D eigenvalue weighted by molar-refractivity contribution is 5.99. The highest BCUT2D eigenvalue weighted by Gasteiger charge is 2.27. The van der Waals surface area contributed by atoms with E-state index in [1.54, 1.807) is 27.5 Å². The average molecular weight is 471 g/mol. The Balaban J connectivity index is 1.71. The van der Waals surface area contributed by atoms with E-state index in [1.165, 1.54) is 6.42 Å². The molecule has 0 aliphatic carbocycles. The molecule has 1 N–H and O–H groups in total. The third-order valence-electron chi connectivity index (χ3n) is 6.53. The summed E-state index contributed by atoms with van der Waals surface area (Å²) in [6.45, 7) is 4.26. The van der Waals surface area contributed by atoms with Crippen LogP contribution in [0.2, 0.25) is 0 Å². The number of piperidine rings is 1. The van der Waals surface area contributed by atoms with Gasteiger partial charge in [-0.1, -0.05) is 0 Å². The van der Waals surface area contributed by atoms with E-state index in [4.69, 9.17) is 23.9 Å². The molecule has 2 saturated heterocycles. The Hall–Kier alpha value is -3.07. The van der Waals surface area contributed by atoms with Crippen molar-refractivity contribution in [3.8, 4) is 28.6 Å². The van der Waals surface area contributed by atoms with E-state index in [0.717, 1.165) is 38.8 Å². The molecule has 9 nitrogen and oxygen atoms in total. The molecule has 1 aromatic heterocycles. The molecule has 2 aromatic rings. The van der Waals surface area contributed by atoms with Crippen molar-refractivity contribution in [2.75, 3.05) is 45.9 Å². The van der Waals surface area contributed by atoms with Crippen LogP contribution in [0.1, 0.15) is 49.4 Å². The molecule has 1 amide bonds. The summed E-state index contributed by atoms with van der Waals surface area (Å²) in [6.07, 6.45) is 6.97. The number of carbonyl (C=O) groups is 1. The van der Waals surface area contributed by atoms with Crippen LogP contribution in [0.5, 0.6) is 17.2 Å². The zero-order valence-corrected chi connectivity index (χ0v) is 20.4. The fourth-order valence-electron chi connectivity index (χ4n) is 4.62. The molecule has 0 radical (unpaired) electrons. The van der Waals surface area contributed by atoms with E-state index < -0.39 is 0 Å². The summed E-state index contributed by atoms with van der Waals surface area (Å²) in [5.41, 5.74) is 1.19. The molecular formula is C25H34N4O5. The topological polar surface area (TPSA) is 95.0 Å². The minimum Gasteiger partial charge on any atom is -0.493 e. The van der Waals surface area contributed by atoms with Crippen molar-refractivity contribution >= 4 is 11.7 Å². The van der Waals surface area contributed by atoms with E-state index in [1.807, 2.05) is 12.1 Å². The molecule has 0 bridgehead atoms. The summed E-state index contributed by atoms with van der Waals surface area (Å²) in [7, 11) is 4.71. The average Bonchev–Trinajstić information content (AvgIpc) is 3.40. The normalized spacial score (nSPS) is 20.2. The highest BCUT2D eigenvalue weighted by Crippen LogP contribution is 2.41. The number of anilines is 1. The maximum Gasteiger partial charge on any atom is 0.256 e. The summed E-state index contributed by atoms with van der Waals surface area (Å²) in [5, 5.41) is 3.02. The molecule has 34 heavy (non-hydrogen) atoms. The first kappa shape index (κ1) is 24.1. The van der Waals surface area contributed by atoms with Crippen LogP contribution >= 0.6 is 0 Å². The zero-order valence-electron chi connectivity index (χ0n) is 20.4. The van der Waals surface area contributed by atoms with Gasteiger partial charge in [0.15, 0.2) is 17.3 Å². The van der Waals surface area contributed by atoms with Crippen molar-refractivity contribution in [2.24, 2.45) is 0 Å². The van der Waals surface area contributed by atoms with Gasteiger partial charge in [-0.3, -0.25) is 4.79 Å². The number of hydrogen-bond donors (Lipinski definition) is 1. The zero-order chi connectivity index (χ0) is 24.1. The summed E-state index contributed by atoms with van der Waals surface area (Å²) in [4.78, 5) is 24.8. The second-order valence-electron chi connectivity index (χ2n) is 8.73. The van der Waals surface area contributed by atoms with Gasteiger partial charge in [0.05, 0.1) is 27.4 Å². The van der Waals surface area contributed by atoms with Gasteiger partial charge >= 0.3 is 0 Å². The van der Waals surface area contributed by atoms with Crippen molar-refractivity contribution in [1.29, 1.82) is 0 Å². The monoisotopic (exact) mass is 470 g/mol. The van der Waals surface area contributed by atoms with E-state index in [2.05, 4.69) is 22.1 Å². The van der Waals surface area contributed by atoms with Crippen LogP contribution in [0.25, 0.3) is 11.4 Å². The SMILES string of the molecule is COc1cc(-c2ncc(C(=O)NCC3CCCO3)c(N3CCCCC3C)n2)cc(OC)c1OC. The lowest BCUT2D eigenvalue weighted by Crippen LogP contribution is -2.40. The van der Waals surface area contributed by atoms with Crippen LogP contribution in [0, 0.1) is 0 Å². The fourth-order valence-corrected chi connectivity index (χ4v) is 4.62. The maximum atomic E-state index is 13.2. The Morgan fingerprint density at radius 3 is 2.50 bits per heavy atom. The van der Waals surface area contributed by atoms with Crippen molar-refractivity contribution < 1.29 is 23.7 Å². The molecule has 4 rings (SSSR count). The summed E-state index contributed by atoms with van der Waals surface area (Å²) in [6, 6.07) is 3.91. The second kappa shape index (κ2) is 10.9. The lowest BCUT2D eigenvalue weighted by molar-refractivity contribution is 0.0857. The smallest absolute Gasteiger partial charge is 0.256 e. The van der Waals surface area contributed by atoms with Gasteiger partial charge < -0.3 is 29.2 Å². The minimum absolute atomic E-state index is 0.0701. The molecule has 184 valence electrons. The van der Waals surface area contributed by atoms with Gasteiger partial charge in [-0.15, -0.1) is 0 Å². The molecule has 0 spiro atoms. The molecule has 0 saturated carbocycles. The van der Waals surface area contributed by atoms with Gasteiger partial charge in [0, 0.05) is 37.5 Å². The number of methoxy groups -OCH3 is 3. The number of amides is 1. The van der Waals surface area contributed by atoms with Gasteiger partial charge in [-0.2, -0.15) is 0 Å². The molecule has 9 heteroatoms. The van der Waals surface area contributed by atoms with Crippen LogP contribution in [-0.4, -0.2) is 69.0 Å². The Morgan fingerprint density at radius 2 is 1.88 bits per heavy atom. The molecule has 2 atom stereocenters. The third kappa shape index (κ3) is 5.04. The molecular weight excluding hydrogens is 436 g/mol. The number of nitrogens with one attached hydrogen (secondary N) is 1. The number of hydrogen-bond acceptors (Lipinski definition) is 8. The van der Waals surface area contributed by atoms with Crippen molar-refractivity contribution in [3.05, 3.63) is 23.9 Å². The largest absolute Gasteiger partial charge is 0.493 e. The van der Waals surface area contributed by atoms with Crippen molar-refractivity contribution in [1.82, 2.24) is 15.3 Å². The number of rotatable bonds is 8. The summed E-state index contributed by atoms with van der Waals surface area (Å²) < 4.78 is 22.1. The Bertz CT molecular complexity index is 984. The predicted molar refractivity (Wildman–Crippen MR) is 129 cm³/mol. The first-order valence-electron chi connectivity index (χ1n) is 11.9. The molecule has 2 fully saturated rings. The van der Waals surface area contributed by atoms with Gasteiger partial charge in [0.1, 0.15) is 11.4 Å². The molecule has 2 aliphatic rings. The Labute approximate surface area is 200 Å². The van der Waals surface area contributed by atoms with E-state index in [-0.39, 0.29) is 18.1 Å². The Morgan fingerprint density at radius 1 is 1.12 bits per heavy atom. The summed E-state index contributed by atoms with van der Waals surface area (Å²) in [5.74, 6) is 2.50. The van der Waals surface area contributed by atoms with Gasteiger partial charge in [0.25, 0.3) is 5.91 Å². The molecule has 3 heterocycles. The van der Waals surface area contributed by atoms with Crippen LogP contribution in [0.3, 0.4) is 0 Å². The van der Waals surface area contributed by atoms with E-state index in [9.17, 15) is 4.79 Å². The molecule has 2 aliphatic heterocycles. The quantitative estimate of drug-likeness (QED) is 0.627. The number of benzene rings is 1. The summed E-state index contributed by atoms with van der Waals surface area (Å²) >= 11 is 0. The second-order valence-corrected chi connectivity index (χ2v) is 8.73. The van der Waals surface area contributed by atoms with Crippen LogP contribution in [0.15, 0.2) is 18.3 Å². The van der Waals surface area contributed by atoms with Crippen LogP contribution in [0.4, 0.5) is 5.82 Å². The number of ether oxygens (including phenoxy) is 4. The van der Waals surface area contributed by atoms with E-state index in [0.29, 0.717) is 46.6 Å². The number of nitrogens with zero attached hydrogens (tertiary/aromatic N) is 3. The molecule has 2 unspecified atom stereocenters. The van der Waals surface area contributed by atoms with Gasteiger partial charge in [-0.05, 0) is 51.2 Å². The van der Waals surface area contributed by atoms with Crippen LogP contribution in [-0.2, 0) is 4.74 Å². The fraction of sp³-hybridized carbons (Fsp3) is 0.560. The standard InChI is InChI=1S/C25H34N4O5/c1-16-8-5-6-10-29(16)24-19(25(30)27-14-18-9-7-11-34-18)15-26-23(28-24)17-12-20(31-2)22(33-4)21(13-17)32-3/h12-13,15-16,18H,5-11,14H2,1-4H3,(H,27,30). The van der Waals surface area contributed by atoms with Crippen molar-refractivity contribution in [3.63, 3.8) is 0 Å². The first-order chi connectivity index (χ1) is 16.5. The highest BCUT2D eigenvalue weighted by atomic mass is 16.5. The van der Waals surface area contributed by atoms with E-state index >= 15 is 0 Å².